The topological polar surface area (TPSA) is 55.0 Å². The van der Waals surface area contributed by atoms with Gasteiger partial charge in [-0.2, -0.15) is 18.2 Å². The summed E-state index contributed by atoms with van der Waals surface area (Å²) in [6, 6.07) is 1.36. The van der Waals surface area contributed by atoms with Crippen LogP contribution in [0.25, 0.3) is 0 Å². The first-order chi connectivity index (χ1) is 7.28. The van der Waals surface area contributed by atoms with Crippen molar-refractivity contribution in [1.82, 2.24) is 9.97 Å². The van der Waals surface area contributed by atoms with Crippen LogP contribution in [0, 0.1) is 0 Å². The van der Waals surface area contributed by atoms with E-state index in [2.05, 4.69) is 9.97 Å². The minimum absolute atomic E-state index is 0.0682. The van der Waals surface area contributed by atoms with E-state index in [1.54, 1.807) is 0 Å². The number of hydrogen-bond acceptors (Lipinski definition) is 4. The maximum absolute atomic E-state index is 12.0. The number of nitrogens with two attached hydrogens (primary N) is 1. The number of halogens is 4. The van der Waals surface area contributed by atoms with Gasteiger partial charge in [-0.15, -0.1) is 0 Å². The quantitative estimate of drug-likeness (QED) is 0.840. The second kappa shape index (κ2) is 4.73. The van der Waals surface area contributed by atoms with E-state index < -0.39 is 12.6 Å². The summed E-state index contributed by atoms with van der Waals surface area (Å²) in [5.41, 5.74) is 5.32. The number of nitrogens with zero attached hydrogens (tertiary/aromatic N) is 3. The maximum Gasteiger partial charge on any atom is 0.390 e. The molecule has 0 unspecified atom stereocenters. The molecule has 2 N–H and O–H groups in total. The molecule has 1 rings (SSSR count). The van der Waals surface area contributed by atoms with Crippen LogP contribution < -0.4 is 10.6 Å². The second-order valence-electron chi connectivity index (χ2n) is 3.19. The summed E-state index contributed by atoms with van der Waals surface area (Å²) < 4.78 is 35.9. The molecule has 0 bridgehead atoms. The standard InChI is InChI=1S/C8H10ClF3N4/c1-16(3-2-8(10,11)12)6-4-5(9)14-7(13)15-6/h4H,2-3H2,1H3,(H2,13,14,15). The van der Waals surface area contributed by atoms with Crippen molar-refractivity contribution in [3.05, 3.63) is 11.2 Å². The molecule has 0 saturated carbocycles. The van der Waals surface area contributed by atoms with Crippen molar-refractivity contribution >= 4 is 23.4 Å². The van der Waals surface area contributed by atoms with Gasteiger partial charge in [-0.3, -0.25) is 0 Å². The van der Waals surface area contributed by atoms with E-state index >= 15 is 0 Å². The first-order valence-electron chi connectivity index (χ1n) is 4.36. The molecule has 4 nitrogen and oxygen atoms in total. The lowest BCUT2D eigenvalue weighted by atomic mass is 10.4. The Hall–Kier alpha value is -1.24. The van der Waals surface area contributed by atoms with Crippen LogP contribution in [-0.2, 0) is 0 Å². The zero-order valence-electron chi connectivity index (χ0n) is 8.42. The average molecular weight is 255 g/mol. The van der Waals surface area contributed by atoms with Crippen LogP contribution in [0.5, 0.6) is 0 Å². The first kappa shape index (κ1) is 12.8. The van der Waals surface area contributed by atoms with E-state index in [9.17, 15) is 13.2 Å². The van der Waals surface area contributed by atoms with Crippen molar-refractivity contribution in [2.75, 3.05) is 24.2 Å². The lowest BCUT2D eigenvalue weighted by Crippen LogP contribution is -2.25. The summed E-state index contributed by atoms with van der Waals surface area (Å²) in [5.74, 6) is 0.197. The molecular formula is C8H10ClF3N4. The van der Waals surface area contributed by atoms with Crippen molar-refractivity contribution in [1.29, 1.82) is 0 Å². The third-order valence-electron chi connectivity index (χ3n) is 1.82. The largest absolute Gasteiger partial charge is 0.390 e. The fourth-order valence-corrected chi connectivity index (χ4v) is 1.21. The average Bonchev–Trinajstić information content (AvgIpc) is 2.11. The molecule has 1 aromatic heterocycles. The predicted molar refractivity (Wildman–Crippen MR) is 55.4 cm³/mol. The molecule has 0 spiro atoms. The highest BCUT2D eigenvalue weighted by molar-refractivity contribution is 6.29. The summed E-state index contributed by atoms with van der Waals surface area (Å²) in [5, 5.41) is 0.0985. The first-order valence-corrected chi connectivity index (χ1v) is 4.73. The van der Waals surface area contributed by atoms with Crippen molar-refractivity contribution in [3.63, 3.8) is 0 Å². The number of anilines is 2. The van der Waals surface area contributed by atoms with Crippen molar-refractivity contribution in [2.24, 2.45) is 0 Å². The smallest absolute Gasteiger partial charge is 0.368 e. The van der Waals surface area contributed by atoms with Gasteiger partial charge < -0.3 is 10.6 Å². The zero-order valence-corrected chi connectivity index (χ0v) is 9.18. The van der Waals surface area contributed by atoms with Crippen LogP contribution in [0.3, 0.4) is 0 Å². The summed E-state index contributed by atoms with van der Waals surface area (Å²) in [4.78, 5) is 8.70. The second-order valence-corrected chi connectivity index (χ2v) is 3.58. The third kappa shape index (κ3) is 4.09. The molecule has 0 atom stereocenters. The van der Waals surface area contributed by atoms with Gasteiger partial charge in [0, 0.05) is 19.7 Å². The molecule has 90 valence electrons. The summed E-state index contributed by atoms with van der Waals surface area (Å²) in [6.07, 6.45) is -5.12. The van der Waals surface area contributed by atoms with E-state index in [0.29, 0.717) is 0 Å². The molecule has 0 aliphatic heterocycles. The molecule has 0 radical (unpaired) electrons. The predicted octanol–water partition coefficient (Wildman–Crippen LogP) is 2.10. The van der Waals surface area contributed by atoms with Gasteiger partial charge in [0.1, 0.15) is 11.0 Å². The Labute approximate surface area is 95.2 Å². The Morgan fingerprint density at radius 2 is 2.06 bits per heavy atom. The fraction of sp³-hybridized carbons (Fsp3) is 0.500. The minimum atomic E-state index is -4.20. The summed E-state index contributed by atoms with van der Waals surface area (Å²) >= 11 is 5.60. The molecule has 0 fully saturated rings. The molecule has 8 heteroatoms. The van der Waals surface area contributed by atoms with Crippen LogP contribution >= 0.6 is 11.6 Å². The van der Waals surface area contributed by atoms with E-state index in [1.807, 2.05) is 0 Å². The van der Waals surface area contributed by atoms with Crippen LogP contribution in [0.15, 0.2) is 6.07 Å². The van der Waals surface area contributed by atoms with E-state index in [1.165, 1.54) is 18.0 Å². The monoisotopic (exact) mass is 254 g/mol. The van der Waals surface area contributed by atoms with Crippen molar-refractivity contribution < 1.29 is 13.2 Å². The number of hydrogen-bond donors (Lipinski definition) is 1. The Morgan fingerprint density at radius 3 is 2.56 bits per heavy atom. The highest BCUT2D eigenvalue weighted by Crippen LogP contribution is 2.22. The van der Waals surface area contributed by atoms with Gasteiger partial charge in [-0.1, -0.05) is 11.6 Å². The minimum Gasteiger partial charge on any atom is -0.368 e. The Morgan fingerprint density at radius 1 is 1.44 bits per heavy atom. The van der Waals surface area contributed by atoms with E-state index in [4.69, 9.17) is 17.3 Å². The SMILES string of the molecule is CN(CCC(F)(F)F)c1cc(Cl)nc(N)n1. The number of alkyl halides is 3. The van der Waals surface area contributed by atoms with Crippen LogP contribution in [0.2, 0.25) is 5.15 Å². The van der Waals surface area contributed by atoms with E-state index in [-0.39, 0.29) is 23.5 Å². The Kier molecular flexibility index (Phi) is 3.79. The Bertz CT molecular complexity index is 349. The maximum atomic E-state index is 12.0. The normalized spacial score (nSPS) is 11.6. The molecule has 0 aliphatic carbocycles. The van der Waals surface area contributed by atoms with E-state index in [0.717, 1.165) is 0 Å². The van der Waals surface area contributed by atoms with Crippen LogP contribution in [0.1, 0.15) is 6.42 Å². The highest BCUT2D eigenvalue weighted by Gasteiger charge is 2.27. The van der Waals surface area contributed by atoms with Gasteiger partial charge in [-0.25, -0.2) is 4.98 Å². The molecule has 1 aromatic rings. The molecular weight excluding hydrogens is 245 g/mol. The van der Waals surface area contributed by atoms with Crippen molar-refractivity contribution in [2.45, 2.75) is 12.6 Å². The zero-order chi connectivity index (χ0) is 12.3. The van der Waals surface area contributed by atoms with Crippen LogP contribution in [-0.4, -0.2) is 29.7 Å². The fourth-order valence-electron chi connectivity index (χ4n) is 1.03. The highest BCUT2D eigenvalue weighted by atomic mass is 35.5. The van der Waals surface area contributed by atoms with Gasteiger partial charge in [0.05, 0.1) is 6.42 Å². The van der Waals surface area contributed by atoms with Crippen molar-refractivity contribution in [3.8, 4) is 0 Å². The number of rotatable bonds is 3. The lowest BCUT2D eigenvalue weighted by Gasteiger charge is -2.19. The third-order valence-corrected chi connectivity index (χ3v) is 2.01. The lowest BCUT2D eigenvalue weighted by molar-refractivity contribution is -0.132. The number of aromatic nitrogens is 2. The number of nitrogen functional groups attached to an aromatic ring is 1. The van der Waals surface area contributed by atoms with Crippen LogP contribution in [0.4, 0.5) is 24.9 Å². The molecule has 1 heterocycles. The Balaban J connectivity index is 2.69. The van der Waals surface area contributed by atoms with Gasteiger partial charge in [0.25, 0.3) is 0 Å². The van der Waals surface area contributed by atoms with Gasteiger partial charge in [0.2, 0.25) is 5.95 Å². The van der Waals surface area contributed by atoms with Gasteiger partial charge in [-0.05, 0) is 0 Å². The molecule has 0 aliphatic rings. The molecule has 0 aromatic carbocycles. The molecule has 0 saturated heterocycles. The summed E-state index contributed by atoms with van der Waals surface area (Å²) in [7, 11) is 1.48. The molecule has 16 heavy (non-hydrogen) atoms. The van der Waals surface area contributed by atoms with Gasteiger partial charge in [0.15, 0.2) is 0 Å². The summed E-state index contributed by atoms with van der Waals surface area (Å²) in [6.45, 7) is -0.212. The van der Waals surface area contributed by atoms with Gasteiger partial charge >= 0.3 is 6.18 Å². The molecule has 0 amide bonds.